The van der Waals surface area contributed by atoms with E-state index in [-0.39, 0.29) is 11.8 Å². The molecule has 0 aliphatic carbocycles. The van der Waals surface area contributed by atoms with Crippen molar-refractivity contribution in [2.45, 2.75) is 39.8 Å². The molecule has 0 aliphatic rings. The van der Waals surface area contributed by atoms with E-state index in [2.05, 4.69) is 10.6 Å². The van der Waals surface area contributed by atoms with E-state index < -0.39 is 24.0 Å². The molecule has 0 aromatic carbocycles. The van der Waals surface area contributed by atoms with Gasteiger partial charge in [-0.15, -0.1) is 0 Å². The molecule has 92 valence electrons. The first-order chi connectivity index (χ1) is 7.25. The fourth-order valence-electron chi connectivity index (χ4n) is 1.12. The summed E-state index contributed by atoms with van der Waals surface area (Å²) in [4.78, 5) is 33.1. The molecule has 0 unspecified atom stereocenters. The number of amides is 2. The molecule has 0 aromatic rings. The molecule has 16 heavy (non-hydrogen) atoms. The van der Waals surface area contributed by atoms with Crippen LogP contribution in [0.2, 0.25) is 0 Å². The van der Waals surface area contributed by atoms with Gasteiger partial charge in [-0.3, -0.25) is 14.4 Å². The summed E-state index contributed by atoms with van der Waals surface area (Å²) < 4.78 is 0. The Bertz CT molecular complexity index is 289. The molecule has 0 saturated heterocycles. The molecule has 0 fully saturated rings. The van der Waals surface area contributed by atoms with Gasteiger partial charge in [0.25, 0.3) is 0 Å². The van der Waals surface area contributed by atoms with Crippen LogP contribution < -0.4 is 10.6 Å². The number of hydrogen-bond acceptors (Lipinski definition) is 3. The SMILES string of the molecule is CC(=O)N[C@@H](C(=O)N[C@@H](C)C(=O)O)C(C)C. The van der Waals surface area contributed by atoms with Crippen LogP contribution in [0.15, 0.2) is 0 Å². The Morgan fingerprint density at radius 1 is 1.06 bits per heavy atom. The predicted octanol–water partition coefficient (Wildman–Crippen LogP) is -0.264. The first-order valence-electron chi connectivity index (χ1n) is 5.06. The third kappa shape index (κ3) is 4.77. The van der Waals surface area contributed by atoms with Crippen LogP contribution in [-0.2, 0) is 14.4 Å². The van der Waals surface area contributed by atoms with Gasteiger partial charge in [0.05, 0.1) is 0 Å². The lowest BCUT2D eigenvalue weighted by Crippen LogP contribution is -2.52. The second kappa shape index (κ2) is 6.09. The first-order valence-corrected chi connectivity index (χ1v) is 5.06. The summed E-state index contributed by atoms with van der Waals surface area (Å²) in [7, 11) is 0. The van der Waals surface area contributed by atoms with Crippen LogP contribution in [0.5, 0.6) is 0 Å². The lowest BCUT2D eigenvalue weighted by Gasteiger charge is -2.22. The Balaban J connectivity index is 4.50. The van der Waals surface area contributed by atoms with Crippen molar-refractivity contribution in [1.82, 2.24) is 10.6 Å². The lowest BCUT2D eigenvalue weighted by molar-refractivity contribution is -0.141. The molecular formula is C10H18N2O4. The van der Waals surface area contributed by atoms with Crippen LogP contribution in [0.1, 0.15) is 27.7 Å². The van der Waals surface area contributed by atoms with Crippen molar-refractivity contribution in [1.29, 1.82) is 0 Å². The number of nitrogens with one attached hydrogen (secondary N) is 2. The Labute approximate surface area is 94.4 Å². The van der Waals surface area contributed by atoms with Crippen molar-refractivity contribution < 1.29 is 19.5 Å². The van der Waals surface area contributed by atoms with Gasteiger partial charge in [0.2, 0.25) is 11.8 Å². The molecule has 0 radical (unpaired) electrons. The quantitative estimate of drug-likeness (QED) is 0.606. The average molecular weight is 230 g/mol. The average Bonchev–Trinajstić information content (AvgIpc) is 2.12. The summed E-state index contributed by atoms with van der Waals surface area (Å²) in [5.74, 6) is -2.03. The standard InChI is InChI=1S/C10H18N2O4/c1-5(2)8(12-7(4)13)9(14)11-6(3)10(15)16/h5-6,8H,1-4H3,(H,11,14)(H,12,13)(H,15,16)/t6-,8+/m0/s1. The number of carbonyl (C=O) groups excluding carboxylic acids is 2. The van der Waals surface area contributed by atoms with Crippen LogP contribution in [0, 0.1) is 5.92 Å². The normalized spacial score (nSPS) is 14.1. The van der Waals surface area contributed by atoms with Crippen molar-refractivity contribution in [3.63, 3.8) is 0 Å². The molecule has 0 aliphatic heterocycles. The van der Waals surface area contributed by atoms with Gasteiger partial charge < -0.3 is 15.7 Å². The van der Waals surface area contributed by atoms with Gasteiger partial charge in [-0.2, -0.15) is 0 Å². The number of carboxylic acid groups (broad SMARTS) is 1. The van der Waals surface area contributed by atoms with Crippen LogP contribution in [0.4, 0.5) is 0 Å². The number of aliphatic carboxylic acids is 1. The van der Waals surface area contributed by atoms with E-state index in [0.717, 1.165) is 0 Å². The summed E-state index contributed by atoms with van der Waals surface area (Å²) >= 11 is 0. The molecule has 0 aromatic heterocycles. The predicted molar refractivity (Wildman–Crippen MR) is 57.7 cm³/mol. The zero-order valence-corrected chi connectivity index (χ0v) is 9.90. The van der Waals surface area contributed by atoms with Gasteiger partial charge in [-0.05, 0) is 12.8 Å². The van der Waals surface area contributed by atoms with Crippen molar-refractivity contribution in [3.05, 3.63) is 0 Å². The Kier molecular flexibility index (Phi) is 5.49. The van der Waals surface area contributed by atoms with E-state index in [1.54, 1.807) is 13.8 Å². The molecule has 0 spiro atoms. The molecule has 2 atom stereocenters. The molecule has 6 heteroatoms. The first kappa shape index (κ1) is 14.4. The van der Waals surface area contributed by atoms with Gasteiger partial charge in [0, 0.05) is 6.92 Å². The second-order valence-corrected chi connectivity index (χ2v) is 3.99. The number of carbonyl (C=O) groups is 3. The number of rotatable bonds is 5. The van der Waals surface area contributed by atoms with E-state index in [1.165, 1.54) is 13.8 Å². The minimum Gasteiger partial charge on any atom is -0.480 e. The van der Waals surface area contributed by atoms with Crippen LogP contribution in [-0.4, -0.2) is 35.0 Å². The van der Waals surface area contributed by atoms with E-state index >= 15 is 0 Å². The molecule has 0 saturated carbocycles. The lowest BCUT2D eigenvalue weighted by atomic mass is 10.0. The third-order valence-electron chi connectivity index (χ3n) is 2.04. The van der Waals surface area contributed by atoms with E-state index in [4.69, 9.17) is 5.11 Å². The van der Waals surface area contributed by atoms with Gasteiger partial charge >= 0.3 is 5.97 Å². The molecule has 0 bridgehead atoms. The molecule has 0 heterocycles. The topological polar surface area (TPSA) is 95.5 Å². The van der Waals surface area contributed by atoms with Crippen molar-refractivity contribution in [2.24, 2.45) is 5.92 Å². The minimum absolute atomic E-state index is 0.107. The Morgan fingerprint density at radius 3 is 1.88 bits per heavy atom. The summed E-state index contributed by atoms with van der Waals surface area (Å²) in [5.41, 5.74) is 0. The minimum atomic E-state index is -1.11. The zero-order chi connectivity index (χ0) is 12.9. The van der Waals surface area contributed by atoms with Gasteiger partial charge in [0.15, 0.2) is 0 Å². The maximum Gasteiger partial charge on any atom is 0.325 e. The zero-order valence-electron chi connectivity index (χ0n) is 9.90. The van der Waals surface area contributed by atoms with E-state index in [9.17, 15) is 14.4 Å². The van der Waals surface area contributed by atoms with Crippen molar-refractivity contribution in [3.8, 4) is 0 Å². The van der Waals surface area contributed by atoms with Crippen molar-refractivity contribution >= 4 is 17.8 Å². The monoisotopic (exact) mass is 230 g/mol. The summed E-state index contributed by atoms with van der Waals surface area (Å²) in [5, 5.41) is 13.4. The summed E-state index contributed by atoms with van der Waals surface area (Å²) in [6.07, 6.45) is 0. The third-order valence-corrected chi connectivity index (χ3v) is 2.04. The van der Waals surface area contributed by atoms with Gasteiger partial charge in [0.1, 0.15) is 12.1 Å². The highest BCUT2D eigenvalue weighted by Crippen LogP contribution is 2.02. The second-order valence-electron chi connectivity index (χ2n) is 3.99. The highest BCUT2D eigenvalue weighted by atomic mass is 16.4. The summed E-state index contributed by atoms with van der Waals surface area (Å²) in [6.45, 7) is 6.21. The van der Waals surface area contributed by atoms with Crippen LogP contribution in [0.25, 0.3) is 0 Å². The number of carboxylic acids is 1. The highest BCUT2D eigenvalue weighted by Gasteiger charge is 2.25. The fraction of sp³-hybridized carbons (Fsp3) is 0.700. The largest absolute Gasteiger partial charge is 0.480 e. The number of hydrogen-bond donors (Lipinski definition) is 3. The van der Waals surface area contributed by atoms with Gasteiger partial charge in [-0.1, -0.05) is 13.8 Å². The summed E-state index contributed by atoms with van der Waals surface area (Å²) in [6, 6.07) is -1.68. The Morgan fingerprint density at radius 2 is 1.56 bits per heavy atom. The molecule has 0 rings (SSSR count). The van der Waals surface area contributed by atoms with E-state index in [1.807, 2.05) is 0 Å². The van der Waals surface area contributed by atoms with Crippen LogP contribution in [0.3, 0.4) is 0 Å². The molecule has 2 amide bonds. The fourth-order valence-corrected chi connectivity index (χ4v) is 1.12. The van der Waals surface area contributed by atoms with Crippen molar-refractivity contribution in [2.75, 3.05) is 0 Å². The molecule has 6 nitrogen and oxygen atoms in total. The highest BCUT2D eigenvalue weighted by molar-refractivity contribution is 5.89. The van der Waals surface area contributed by atoms with Crippen LogP contribution >= 0.6 is 0 Å². The molecular weight excluding hydrogens is 212 g/mol. The van der Waals surface area contributed by atoms with E-state index in [0.29, 0.717) is 0 Å². The maximum absolute atomic E-state index is 11.6. The maximum atomic E-state index is 11.6. The smallest absolute Gasteiger partial charge is 0.325 e. The Hall–Kier alpha value is -1.59. The molecule has 3 N–H and O–H groups in total. The van der Waals surface area contributed by atoms with Gasteiger partial charge in [-0.25, -0.2) is 0 Å².